The van der Waals surface area contributed by atoms with Crippen molar-refractivity contribution in [3.05, 3.63) is 58.1 Å². The summed E-state index contributed by atoms with van der Waals surface area (Å²) in [5.41, 5.74) is 3.91. The van der Waals surface area contributed by atoms with Crippen molar-refractivity contribution >= 4 is 23.4 Å². The van der Waals surface area contributed by atoms with Crippen LogP contribution in [0.5, 0.6) is 0 Å². The molecule has 0 aromatic heterocycles. The number of rotatable bonds is 6. The molecule has 0 unspecified atom stereocenters. The van der Waals surface area contributed by atoms with Crippen LogP contribution in [0.2, 0.25) is 5.02 Å². The normalized spacial score (nSPS) is 10.9. The first-order valence-electron chi connectivity index (χ1n) is 7.34. The van der Waals surface area contributed by atoms with Gasteiger partial charge in [0.25, 0.3) is 0 Å². The lowest BCUT2D eigenvalue weighted by Crippen LogP contribution is -2.14. The van der Waals surface area contributed by atoms with E-state index in [2.05, 4.69) is 56.4 Å². The fraction of sp³-hybridized carbons (Fsp3) is 0.333. The molecule has 1 nitrogen and oxygen atoms in total. The molecule has 21 heavy (non-hydrogen) atoms. The highest BCUT2D eigenvalue weighted by atomic mass is 35.5. The summed E-state index contributed by atoms with van der Waals surface area (Å²) >= 11 is 7.97. The number of halogens is 1. The van der Waals surface area contributed by atoms with Crippen LogP contribution in [0.3, 0.4) is 0 Å². The van der Waals surface area contributed by atoms with Crippen molar-refractivity contribution in [3.8, 4) is 0 Å². The van der Waals surface area contributed by atoms with Crippen LogP contribution in [-0.4, -0.2) is 6.54 Å². The molecule has 0 bridgehead atoms. The number of nitrogens with one attached hydrogen (secondary N) is 1. The van der Waals surface area contributed by atoms with Gasteiger partial charge in [-0.1, -0.05) is 54.0 Å². The van der Waals surface area contributed by atoms with Crippen LogP contribution in [0.4, 0.5) is 0 Å². The maximum atomic E-state index is 6.18. The summed E-state index contributed by atoms with van der Waals surface area (Å²) in [5.74, 6) is 0. The van der Waals surface area contributed by atoms with E-state index < -0.39 is 0 Å². The highest BCUT2D eigenvalue weighted by Crippen LogP contribution is 2.34. The second kappa shape index (κ2) is 7.88. The number of benzene rings is 2. The first-order valence-corrected chi connectivity index (χ1v) is 8.54. The molecular weight excluding hydrogens is 298 g/mol. The van der Waals surface area contributed by atoms with E-state index >= 15 is 0 Å². The number of hydrogen-bond acceptors (Lipinski definition) is 2. The Morgan fingerprint density at radius 1 is 1.05 bits per heavy atom. The fourth-order valence-corrected chi connectivity index (χ4v) is 3.49. The van der Waals surface area contributed by atoms with E-state index in [0.717, 1.165) is 24.5 Å². The van der Waals surface area contributed by atoms with Crippen LogP contribution in [0.25, 0.3) is 0 Å². The molecule has 0 aliphatic rings. The van der Waals surface area contributed by atoms with Crippen LogP contribution in [-0.2, 0) is 6.54 Å². The zero-order valence-electron chi connectivity index (χ0n) is 12.9. The van der Waals surface area contributed by atoms with Crippen LogP contribution in [0.1, 0.15) is 30.0 Å². The Morgan fingerprint density at radius 3 is 2.57 bits per heavy atom. The van der Waals surface area contributed by atoms with Crippen LogP contribution in [0.15, 0.2) is 46.2 Å². The topological polar surface area (TPSA) is 12.0 Å². The van der Waals surface area contributed by atoms with Gasteiger partial charge in [-0.05, 0) is 56.1 Å². The monoisotopic (exact) mass is 319 g/mol. The highest BCUT2D eigenvalue weighted by molar-refractivity contribution is 7.99. The van der Waals surface area contributed by atoms with Gasteiger partial charge < -0.3 is 5.32 Å². The molecule has 2 aromatic carbocycles. The molecule has 0 radical (unpaired) electrons. The van der Waals surface area contributed by atoms with E-state index in [0.29, 0.717) is 0 Å². The zero-order valence-corrected chi connectivity index (χ0v) is 14.4. The van der Waals surface area contributed by atoms with E-state index in [1.807, 2.05) is 6.07 Å². The smallest absolute Gasteiger partial charge is 0.0417 e. The highest BCUT2D eigenvalue weighted by Gasteiger charge is 2.07. The molecule has 112 valence electrons. The maximum Gasteiger partial charge on any atom is 0.0417 e. The minimum atomic E-state index is 0.793. The van der Waals surface area contributed by atoms with Crippen LogP contribution in [0, 0.1) is 13.8 Å². The minimum absolute atomic E-state index is 0.793. The molecule has 3 heteroatoms. The standard InChI is InChI=1S/C18H22ClNS/c1-4-9-20-12-15-6-7-16(19)11-18(15)21-17-8-5-13(2)10-14(17)3/h5-8,10-11,20H,4,9,12H2,1-3H3. The summed E-state index contributed by atoms with van der Waals surface area (Å²) in [6.07, 6.45) is 1.15. The average Bonchev–Trinajstić information content (AvgIpc) is 2.44. The first-order chi connectivity index (χ1) is 10.1. The summed E-state index contributed by atoms with van der Waals surface area (Å²) in [6, 6.07) is 12.7. The van der Waals surface area contributed by atoms with Crippen molar-refractivity contribution in [1.29, 1.82) is 0 Å². The molecule has 0 amide bonds. The van der Waals surface area contributed by atoms with Gasteiger partial charge in [-0.2, -0.15) is 0 Å². The predicted molar refractivity (Wildman–Crippen MR) is 93.5 cm³/mol. The third-order valence-corrected chi connectivity index (χ3v) is 4.83. The Kier molecular flexibility index (Phi) is 6.16. The van der Waals surface area contributed by atoms with Crippen molar-refractivity contribution in [2.24, 2.45) is 0 Å². The fourth-order valence-electron chi connectivity index (χ4n) is 2.20. The van der Waals surface area contributed by atoms with Gasteiger partial charge in [0.15, 0.2) is 0 Å². The van der Waals surface area contributed by atoms with E-state index in [1.165, 1.54) is 26.5 Å². The maximum absolute atomic E-state index is 6.18. The summed E-state index contributed by atoms with van der Waals surface area (Å²) in [7, 11) is 0. The van der Waals surface area contributed by atoms with E-state index in [-0.39, 0.29) is 0 Å². The Labute approximate surface area is 137 Å². The zero-order chi connectivity index (χ0) is 15.2. The molecule has 0 atom stereocenters. The van der Waals surface area contributed by atoms with Gasteiger partial charge in [0.05, 0.1) is 0 Å². The molecule has 0 aliphatic heterocycles. The number of aryl methyl sites for hydroxylation is 2. The Hall–Kier alpha value is -0.960. The van der Waals surface area contributed by atoms with Gasteiger partial charge in [-0.15, -0.1) is 0 Å². The van der Waals surface area contributed by atoms with E-state index in [9.17, 15) is 0 Å². The molecule has 0 aliphatic carbocycles. The lowest BCUT2D eigenvalue weighted by atomic mass is 10.2. The molecule has 2 rings (SSSR count). The first kappa shape index (κ1) is 16.4. The molecule has 1 N–H and O–H groups in total. The van der Waals surface area contributed by atoms with Crippen LogP contribution < -0.4 is 5.32 Å². The average molecular weight is 320 g/mol. The van der Waals surface area contributed by atoms with Crippen molar-refractivity contribution < 1.29 is 0 Å². The molecule has 0 saturated carbocycles. The van der Waals surface area contributed by atoms with E-state index in [4.69, 9.17) is 11.6 Å². The molecule has 2 aromatic rings. The van der Waals surface area contributed by atoms with Crippen LogP contribution >= 0.6 is 23.4 Å². The second-order valence-corrected chi connectivity index (χ2v) is 6.82. The summed E-state index contributed by atoms with van der Waals surface area (Å²) in [5, 5.41) is 4.26. The third kappa shape index (κ3) is 4.77. The SMILES string of the molecule is CCCNCc1ccc(Cl)cc1Sc1ccc(C)cc1C. The molecular formula is C18H22ClNS. The van der Waals surface area contributed by atoms with Crippen molar-refractivity contribution in [2.75, 3.05) is 6.54 Å². The second-order valence-electron chi connectivity index (χ2n) is 5.30. The largest absolute Gasteiger partial charge is 0.313 e. The third-order valence-electron chi connectivity index (χ3n) is 3.32. The molecule has 0 heterocycles. The van der Waals surface area contributed by atoms with Gasteiger partial charge in [-0.3, -0.25) is 0 Å². The van der Waals surface area contributed by atoms with Crippen molar-refractivity contribution in [1.82, 2.24) is 5.32 Å². The van der Waals surface area contributed by atoms with Crippen molar-refractivity contribution in [3.63, 3.8) is 0 Å². The Bertz CT molecular complexity index is 610. The lowest BCUT2D eigenvalue weighted by Gasteiger charge is -2.12. The minimum Gasteiger partial charge on any atom is -0.313 e. The van der Waals surface area contributed by atoms with E-state index in [1.54, 1.807) is 11.8 Å². The quantitative estimate of drug-likeness (QED) is 0.695. The summed E-state index contributed by atoms with van der Waals surface area (Å²) in [6.45, 7) is 8.39. The predicted octanol–water partition coefficient (Wildman–Crippen LogP) is 5.61. The van der Waals surface area contributed by atoms with Gasteiger partial charge in [0.2, 0.25) is 0 Å². The molecule has 0 saturated heterocycles. The Morgan fingerprint density at radius 2 is 1.86 bits per heavy atom. The van der Waals surface area contributed by atoms with Crippen molar-refractivity contribution in [2.45, 2.75) is 43.5 Å². The molecule has 0 fully saturated rings. The number of hydrogen-bond donors (Lipinski definition) is 1. The van der Waals surface area contributed by atoms with Gasteiger partial charge in [-0.25, -0.2) is 0 Å². The van der Waals surface area contributed by atoms with Gasteiger partial charge >= 0.3 is 0 Å². The van der Waals surface area contributed by atoms with Gasteiger partial charge in [0.1, 0.15) is 0 Å². The van der Waals surface area contributed by atoms with Gasteiger partial charge in [0, 0.05) is 21.4 Å². The summed E-state index contributed by atoms with van der Waals surface area (Å²) < 4.78 is 0. The molecule has 0 spiro atoms. The Balaban J connectivity index is 2.22. The summed E-state index contributed by atoms with van der Waals surface area (Å²) in [4.78, 5) is 2.53. The lowest BCUT2D eigenvalue weighted by molar-refractivity contribution is 0.669.